The summed E-state index contributed by atoms with van der Waals surface area (Å²) in [5.74, 6) is 0.510. The van der Waals surface area contributed by atoms with Crippen LogP contribution in [0, 0.1) is 5.92 Å². The van der Waals surface area contributed by atoms with Gasteiger partial charge in [-0.2, -0.15) is 0 Å². The van der Waals surface area contributed by atoms with Gasteiger partial charge in [0.1, 0.15) is 0 Å². The van der Waals surface area contributed by atoms with E-state index in [4.69, 9.17) is 0 Å². The first-order chi connectivity index (χ1) is 8.75. The molecule has 0 aliphatic carbocycles. The molecule has 2 unspecified atom stereocenters. The smallest absolute Gasteiger partial charge is 0.230 e. The number of hydrogen-bond acceptors (Lipinski definition) is 5. The minimum absolute atomic E-state index is 0. The molecule has 1 saturated heterocycles. The van der Waals surface area contributed by atoms with Crippen molar-refractivity contribution in [3.8, 4) is 0 Å². The zero-order valence-electron chi connectivity index (χ0n) is 10.4. The molecule has 0 aromatic carbocycles. The second kappa shape index (κ2) is 8.37. The van der Waals surface area contributed by atoms with Crippen molar-refractivity contribution in [2.24, 2.45) is 5.92 Å². The van der Waals surface area contributed by atoms with Crippen LogP contribution in [0.5, 0.6) is 0 Å². The van der Waals surface area contributed by atoms with Crippen molar-refractivity contribution in [3.63, 3.8) is 0 Å². The van der Waals surface area contributed by atoms with Gasteiger partial charge in [-0.25, -0.2) is 0 Å². The highest BCUT2D eigenvalue weighted by Gasteiger charge is 2.24. The lowest BCUT2D eigenvalue weighted by Crippen LogP contribution is -2.35. The fourth-order valence-electron chi connectivity index (χ4n) is 1.81. The molecule has 19 heavy (non-hydrogen) atoms. The van der Waals surface area contributed by atoms with Gasteiger partial charge in [0.2, 0.25) is 5.91 Å². The first-order valence-corrected chi connectivity index (χ1v) is 6.92. The number of nitrogens with one attached hydrogen (secondary N) is 2. The molecule has 2 heterocycles. The molecule has 1 amide bonds. The average Bonchev–Trinajstić information content (AvgIpc) is 2.81. The van der Waals surface area contributed by atoms with Gasteiger partial charge in [-0.3, -0.25) is 9.78 Å². The lowest BCUT2D eigenvalue weighted by atomic mass is 10.1. The summed E-state index contributed by atoms with van der Waals surface area (Å²) in [5.41, 5.74) is 0. The maximum Gasteiger partial charge on any atom is 0.230 e. The van der Waals surface area contributed by atoms with Crippen molar-refractivity contribution in [1.29, 1.82) is 0 Å². The molecule has 0 bridgehead atoms. The predicted octanol–water partition coefficient (Wildman–Crippen LogP) is 0.292. The van der Waals surface area contributed by atoms with Crippen LogP contribution in [0.1, 0.15) is 0 Å². The van der Waals surface area contributed by atoms with Crippen molar-refractivity contribution in [1.82, 2.24) is 15.6 Å². The van der Waals surface area contributed by atoms with Crippen LogP contribution in [0.2, 0.25) is 0 Å². The van der Waals surface area contributed by atoms with Gasteiger partial charge >= 0.3 is 0 Å². The predicted molar refractivity (Wildman–Crippen MR) is 77.6 cm³/mol. The summed E-state index contributed by atoms with van der Waals surface area (Å²) in [5, 5.41) is 15.5. The number of pyridine rings is 1. The van der Waals surface area contributed by atoms with E-state index in [1.54, 1.807) is 12.4 Å². The molecule has 0 saturated carbocycles. The zero-order valence-corrected chi connectivity index (χ0v) is 12.0. The summed E-state index contributed by atoms with van der Waals surface area (Å²) in [6, 6.07) is 3.76. The molecule has 106 valence electrons. The number of β-amino-alcohol motifs (C(OH)–C–C–N with tert-alkyl or cyclic N) is 1. The number of carbonyl (C=O) groups excluding carboxylic acids is 1. The first-order valence-electron chi connectivity index (χ1n) is 5.94. The Balaban J connectivity index is 0.00000180. The van der Waals surface area contributed by atoms with Crippen LogP contribution in [0.4, 0.5) is 0 Å². The van der Waals surface area contributed by atoms with E-state index in [-0.39, 0.29) is 30.3 Å². The number of hydrogen-bond donors (Lipinski definition) is 3. The number of rotatable bonds is 5. The Morgan fingerprint density at radius 1 is 1.47 bits per heavy atom. The third kappa shape index (κ3) is 5.36. The molecule has 0 radical (unpaired) electrons. The maximum absolute atomic E-state index is 11.6. The number of nitrogens with zero attached hydrogens (tertiary/aromatic N) is 1. The molecule has 1 aromatic heterocycles. The molecule has 1 aliphatic rings. The molecule has 3 N–H and O–H groups in total. The lowest BCUT2D eigenvalue weighted by Gasteiger charge is -2.13. The summed E-state index contributed by atoms with van der Waals surface area (Å²) in [7, 11) is 0. The van der Waals surface area contributed by atoms with Gasteiger partial charge in [-0.05, 0) is 12.1 Å². The van der Waals surface area contributed by atoms with Gasteiger partial charge in [-0.1, -0.05) is 0 Å². The third-order valence-electron chi connectivity index (χ3n) is 2.89. The Labute approximate surface area is 123 Å². The number of aliphatic hydroxyl groups excluding tert-OH is 1. The Kier molecular flexibility index (Phi) is 7.15. The molecule has 0 spiro atoms. The van der Waals surface area contributed by atoms with E-state index in [2.05, 4.69) is 15.6 Å². The minimum Gasteiger partial charge on any atom is -0.391 e. The van der Waals surface area contributed by atoms with E-state index in [9.17, 15) is 9.90 Å². The highest BCUT2D eigenvalue weighted by Crippen LogP contribution is 2.15. The molecule has 5 nitrogen and oxygen atoms in total. The average molecular weight is 304 g/mol. The Morgan fingerprint density at radius 2 is 2.21 bits per heavy atom. The number of amides is 1. The highest BCUT2D eigenvalue weighted by molar-refractivity contribution is 8.00. The number of aliphatic hydroxyl groups is 1. The SMILES string of the molecule is Cl.O=C(CSc1ccncc1)NCC1CNCC1O. The van der Waals surface area contributed by atoms with Crippen LogP contribution in [-0.4, -0.2) is 47.5 Å². The van der Waals surface area contributed by atoms with E-state index in [1.807, 2.05) is 12.1 Å². The van der Waals surface area contributed by atoms with E-state index in [1.165, 1.54) is 11.8 Å². The van der Waals surface area contributed by atoms with Gasteiger partial charge in [0.25, 0.3) is 0 Å². The fourth-order valence-corrected chi connectivity index (χ4v) is 2.52. The van der Waals surface area contributed by atoms with Crippen LogP contribution in [0.25, 0.3) is 0 Å². The van der Waals surface area contributed by atoms with Gasteiger partial charge in [0.15, 0.2) is 0 Å². The van der Waals surface area contributed by atoms with Crippen molar-refractivity contribution in [2.45, 2.75) is 11.0 Å². The Morgan fingerprint density at radius 3 is 2.84 bits per heavy atom. The van der Waals surface area contributed by atoms with Crippen LogP contribution < -0.4 is 10.6 Å². The Hall–Kier alpha value is -0.820. The second-order valence-corrected chi connectivity index (χ2v) is 5.31. The lowest BCUT2D eigenvalue weighted by molar-refractivity contribution is -0.118. The number of thioether (sulfide) groups is 1. The fraction of sp³-hybridized carbons (Fsp3) is 0.500. The number of halogens is 1. The van der Waals surface area contributed by atoms with Gasteiger partial charge in [-0.15, -0.1) is 24.2 Å². The van der Waals surface area contributed by atoms with E-state index in [0.29, 0.717) is 18.8 Å². The molecule has 1 fully saturated rings. The molecule has 2 rings (SSSR count). The summed E-state index contributed by atoms with van der Waals surface area (Å²) < 4.78 is 0. The summed E-state index contributed by atoms with van der Waals surface area (Å²) >= 11 is 1.48. The zero-order chi connectivity index (χ0) is 12.8. The van der Waals surface area contributed by atoms with E-state index < -0.39 is 0 Å². The maximum atomic E-state index is 11.6. The van der Waals surface area contributed by atoms with E-state index >= 15 is 0 Å². The number of carbonyl (C=O) groups is 1. The largest absolute Gasteiger partial charge is 0.391 e. The molecular weight excluding hydrogens is 286 g/mol. The minimum atomic E-state index is -0.349. The van der Waals surface area contributed by atoms with Gasteiger partial charge in [0.05, 0.1) is 11.9 Å². The van der Waals surface area contributed by atoms with Crippen LogP contribution in [0.3, 0.4) is 0 Å². The first kappa shape index (κ1) is 16.2. The molecule has 7 heteroatoms. The van der Waals surface area contributed by atoms with Gasteiger partial charge in [0, 0.05) is 42.8 Å². The molecule has 1 aliphatic heterocycles. The monoisotopic (exact) mass is 303 g/mol. The van der Waals surface area contributed by atoms with Gasteiger partial charge < -0.3 is 15.7 Å². The summed E-state index contributed by atoms with van der Waals surface area (Å²) in [6.07, 6.45) is 3.07. The number of aromatic nitrogens is 1. The van der Waals surface area contributed by atoms with Crippen LogP contribution >= 0.6 is 24.2 Å². The van der Waals surface area contributed by atoms with Crippen molar-refractivity contribution in [3.05, 3.63) is 24.5 Å². The quantitative estimate of drug-likeness (QED) is 0.682. The summed E-state index contributed by atoms with van der Waals surface area (Å²) in [6.45, 7) is 1.91. The van der Waals surface area contributed by atoms with Crippen LogP contribution in [0.15, 0.2) is 29.4 Å². The second-order valence-electron chi connectivity index (χ2n) is 4.26. The summed E-state index contributed by atoms with van der Waals surface area (Å²) in [4.78, 5) is 16.6. The normalized spacial score (nSPS) is 21.7. The molecular formula is C12H18ClN3O2S. The van der Waals surface area contributed by atoms with Crippen molar-refractivity contribution >= 4 is 30.1 Å². The standard InChI is InChI=1S/C12H17N3O2S.ClH/c16-11-7-14-5-9(11)6-15-12(17)8-18-10-1-3-13-4-2-10;/h1-4,9,11,14,16H,5-8H2,(H,15,17);1H. The Bertz CT molecular complexity index is 394. The molecule has 1 aromatic rings. The third-order valence-corrected chi connectivity index (χ3v) is 3.90. The van der Waals surface area contributed by atoms with Crippen LogP contribution in [-0.2, 0) is 4.79 Å². The van der Waals surface area contributed by atoms with E-state index in [0.717, 1.165) is 11.4 Å². The van der Waals surface area contributed by atoms with Crippen molar-refractivity contribution < 1.29 is 9.90 Å². The molecule has 2 atom stereocenters. The topological polar surface area (TPSA) is 74.2 Å². The highest BCUT2D eigenvalue weighted by atomic mass is 35.5. The van der Waals surface area contributed by atoms with Crippen molar-refractivity contribution in [2.75, 3.05) is 25.4 Å².